The van der Waals surface area contributed by atoms with Gasteiger partial charge in [-0.25, -0.2) is 0 Å². The molecule has 0 saturated carbocycles. The molecule has 4 nitrogen and oxygen atoms in total. The average molecular weight is 207 g/mol. The minimum Gasteiger partial charge on any atom is -0.107 e. The molecular formula is C6H8Cl2N4. The fourth-order valence-electron chi connectivity index (χ4n) is 0.737. The number of alkyl halides is 2. The van der Waals surface area contributed by atoms with Crippen LogP contribution < -0.4 is 0 Å². The number of halogens is 2. The van der Waals surface area contributed by atoms with Crippen molar-refractivity contribution >= 4 is 23.2 Å². The number of hydrogen-bond donors (Lipinski definition) is 0. The summed E-state index contributed by atoms with van der Waals surface area (Å²) in [6.45, 7) is 0. The van der Waals surface area contributed by atoms with E-state index in [1.54, 1.807) is 0 Å². The van der Waals surface area contributed by atoms with E-state index >= 15 is 0 Å². The minimum absolute atomic E-state index is 0.282. The number of rotatable bonds is 4. The highest BCUT2D eigenvalue weighted by atomic mass is 35.5. The van der Waals surface area contributed by atoms with E-state index in [-0.39, 0.29) is 4.84 Å². The molecule has 0 unspecified atom stereocenters. The fraction of sp³-hybridized carbons (Fsp3) is 0.667. The normalized spacial score (nSPS) is 14.8. The van der Waals surface area contributed by atoms with E-state index in [0.29, 0.717) is 5.82 Å². The summed E-state index contributed by atoms with van der Waals surface area (Å²) in [5.74, 6) is 0.565. The van der Waals surface area contributed by atoms with Gasteiger partial charge in [0.25, 0.3) is 0 Å². The van der Waals surface area contributed by atoms with E-state index in [2.05, 4.69) is 20.7 Å². The van der Waals surface area contributed by atoms with E-state index in [9.17, 15) is 0 Å². The molecule has 0 amide bonds. The Hall–Kier alpha value is -0.480. The maximum absolute atomic E-state index is 5.53. The fourth-order valence-corrected chi connectivity index (χ4v) is 1.05. The summed E-state index contributed by atoms with van der Waals surface area (Å²) in [5, 5.41) is 14.0. The Kier molecular flexibility index (Phi) is 4.18. The molecule has 0 spiro atoms. The maximum atomic E-state index is 5.53. The van der Waals surface area contributed by atoms with Gasteiger partial charge in [0.2, 0.25) is 0 Å². The number of unbranched alkanes of at least 4 members (excludes halogenated alkanes) is 1. The largest absolute Gasteiger partial charge is 0.196 e. The summed E-state index contributed by atoms with van der Waals surface area (Å²) in [6.07, 6.45) is 4.41. The molecular weight excluding hydrogens is 199 g/mol. The zero-order valence-corrected chi connectivity index (χ0v) is 7.83. The molecule has 0 bridgehead atoms. The zero-order valence-electron chi connectivity index (χ0n) is 6.32. The molecule has 0 aromatic rings. The molecule has 0 N–H and O–H groups in total. The Morgan fingerprint density at radius 1 is 1.25 bits per heavy atom. The van der Waals surface area contributed by atoms with Gasteiger partial charge < -0.3 is 0 Å². The van der Waals surface area contributed by atoms with Crippen LogP contribution in [0.2, 0.25) is 0 Å². The molecule has 12 heavy (non-hydrogen) atoms. The van der Waals surface area contributed by atoms with E-state index in [0.717, 1.165) is 19.3 Å². The van der Waals surface area contributed by atoms with Gasteiger partial charge in [-0.2, -0.15) is 0 Å². The van der Waals surface area contributed by atoms with Crippen LogP contribution in [0.1, 0.15) is 19.3 Å². The third-order valence-corrected chi connectivity index (χ3v) is 1.72. The molecule has 6 heteroatoms. The first-order valence-electron chi connectivity index (χ1n) is 3.59. The second-order valence-electron chi connectivity index (χ2n) is 2.26. The Labute approximate surface area is 80.3 Å². The van der Waals surface area contributed by atoms with Crippen molar-refractivity contribution in [2.24, 2.45) is 20.7 Å². The molecule has 66 valence electrons. The Morgan fingerprint density at radius 2 is 1.92 bits per heavy atom. The molecule has 0 aromatic carbocycles. The van der Waals surface area contributed by atoms with Gasteiger partial charge >= 0.3 is 0 Å². The molecule has 0 saturated heterocycles. The SMILES string of the molecule is ClC(Cl)CCCC=C1N=NN=N1. The molecule has 1 rings (SSSR count). The van der Waals surface area contributed by atoms with Crippen molar-refractivity contribution in [3.8, 4) is 0 Å². The van der Waals surface area contributed by atoms with Gasteiger partial charge in [0, 0.05) is 0 Å². The van der Waals surface area contributed by atoms with Crippen LogP contribution in [-0.4, -0.2) is 4.84 Å². The van der Waals surface area contributed by atoms with Gasteiger partial charge in [0.05, 0.1) is 0 Å². The Morgan fingerprint density at radius 3 is 2.50 bits per heavy atom. The van der Waals surface area contributed by atoms with Gasteiger partial charge in [-0.3, -0.25) is 0 Å². The van der Waals surface area contributed by atoms with Crippen LogP contribution >= 0.6 is 23.2 Å². The predicted molar refractivity (Wildman–Crippen MR) is 47.1 cm³/mol. The molecule has 0 radical (unpaired) electrons. The first-order chi connectivity index (χ1) is 5.79. The van der Waals surface area contributed by atoms with E-state index in [1.807, 2.05) is 6.08 Å². The zero-order chi connectivity index (χ0) is 8.81. The summed E-state index contributed by atoms with van der Waals surface area (Å²) in [5.41, 5.74) is 0. The average Bonchev–Trinajstić information content (AvgIpc) is 2.49. The summed E-state index contributed by atoms with van der Waals surface area (Å²) in [6, 6.07) is 0. The van der Waals surface area contributed by atoms with Gasteiger partial charge in [-0.15, -0.1) is 33.4 Å². The lowest BCUT2D eigenvalue weighted by Gasteiger charge is -1.96. The number of nitrogens with zero attached hydrogens (tertiary/aromatic N) is 4. The summed E-state index contributed by atoms with van der Waals surface area (Å²) >= 11 is 11.1. The summed E-state index contributed by atoms with van der Waals surface area (Å²) < 4.78 is 0. The molecule has 1 aliphatic rings. The van der Waals surface area contributed by atoms with Crippen LogP contribution in [0, 0.1) is 0 Å². The Bertz CT molecular complexity index is 208. The van der Waals surface area contributed by atoms with Crippen molar-refractivity contribution < 1.29 is 0 Å². The first kappa shape index (κ1) is 9.61. The molecule has 0 aromatic heterocycles. The highest BCUT2D eigenvalue weighted by Gasteiger charge is 1.99. The predicted octanol–water partition coefficient (Wildman–Crippen LogP) is 3.63. The van der Waals surface area contributed by atoms with Gasteiger partial charge in [-0.05, 0) is 35.8 Å². The van der Waals surface area contributed by atoms with Crippen molar-refractivity contribution in [2.45, 2.75) is 24.1 Å². The van der Waals surface area contributed by atoms with Crippen molar-refractivity contribution in [1.82, 2.24) is 0 Å². The van der Waals surface area contributed by atoms with Crippen LogP contribution in [0.25, 0.3) is 0 Å². The van der Waals surface area contributed by atoms with Gasteiger partial charge in [0.1, 0.15) is 4.84 Å². The lowest BCUT2D eigenvalue weighted by Crippen LogP contribution is -1.85. The first-order valence-corrected chi connectivity index (χ1v) is 4.46. The van der Waals surface area contributed by atoms with Crippen LogP contribution in [0.15, 0.2) is 32.6 Å². The van der Waals surface area contributed by atoms with Crippen molar-refractivity contribution in [3.05, 3.63) is 11.9 Å². The number of allylic oxidation sites excluding steroid dienone is 1. The van der Waals surface area contributed by atoms with Gasteiger partial charge in [-0.1, -0.05) is 0 Å². The van der Waals surface area contributed by atoms with Crippen LogP contribution in [0.4, 0.5) is 0 Å². The topological polar surface area (TPSA) is 49.4 Å². The molecule has 0 aliphatic carbocycles. The Balaban J connectivity index is 2.13. The lowest BCUT2D eigenvalue weighted by molar-refractivity contribution is 0.790. The monoisotopic (exact) mass is 206 g/mol. The van der Waals surface area contributed by atoms with Crippen LogP contribution in [0.3, 0.4) is 0 Å². The quantitative estimate of drug-likeness (QED) is 0.499. The third kappa shape index (κ3) is 3.78. The maximum Gasteiger partial charge on any atom is 0.196 e. The van der Waals surface area contributed by atoms with Crippen LogP contribution in [0.5, 0.6) is 0 Å². The standard InChI is InChI=1S/C6H8Cl2N4/c7-5(8)3-1-2-4-6-9-11-12-10-6/h4-5H,1-3H2. The van der Waals surface area contributed by atoms with E-state index < -0.39 is 0 Å². The molecule has 0 atom stereocenters. The van der Waals surface area contributed by atoms with E-state index in [1.165, 1.54) is 0 Å². The van der Waals surface area contributed by atoms with Crippen LogP contribution in [-0.2, 0) is 0 Å². The smallest absolute Gasteiger partial charge is 0.107 e. The highest BCUT2D eigenvalue weighted by molar-refractivity contribution is 6.44. The molecule has 1 aliphatic heterocycles. The lowest BCUT2D eigenvalue weighted by atomic mass is 10.2. The minimum atomic E-state index is -0.282. The molecule has 0 fully saturated rings. The molecule has 1 heterocycles. The summed E-state index contributed by atoms with van der Waals surface area (Å²) in [7, 11) is 0. The second-order valence-corrected chi connectivity index (χ2v) is 3.54. The van der Waals surface area contributed by atoms with Crippen molar-refractivity contribution in [3.63, 3.8) is 0 Å². The van der Waals surface area contributed by atoms with Crippen molar-refractivity contribution in [2.75, 3.05) is 0 Å². The van der Waals surface area contributed by atoms with Crippen molar-refractivity contribution in [1.29, 1.82) is 0 Å². The third-order valence-electron chi connectivity index (χ3n) is 1.29. The number of hydrogen-bond acceptors (Lipinski definition) is 4. The highest BCUT2D eigenvalue weighted by Crippen LogP contribution is 2.14. The van der Waals surface area contributed by atoms with E-state index in [4.69, 9.17) is 23.2 Å². The second kappa shape index (κ2) is 5.22. The van der Waals surface area contributed by atoms with Gasteiger partial charge in [0.15, 0.2) is 5.82 Å². The summed E-state index contributed by atoms with van der Waals surface area (Å²) in [4.78, 5) is -0.282.